The Morgan fingerprint density at radius 3 is 2.75 bits per heavy atom. The zero-order valence-electron chi connectivity index (χ0n) is 15.0. The van der Waals surface area contributed by atoms with Gasteiger partial charge in [-0.05, 0) is 41.3 Å². The van der Waals surface area contributed by atoms with Crippen LogP contribution >= 0.6 is 0 Å². The lowest BCUT2D eigenvalue weighted by atomic mass is 10.0. The summed E-state index contributed by atoms with van der Waals surface area (Å²) in [6, 6.07) is 11.7. The van der Waals surface area contributed by atoms with Gasteiger partial charge in [-0.2, -0.15) is 0 Å². The van der Waals surface area contributed by atoms with Crippen LogP contribution in [0.3, 0.4) is 0 Å². The van der Waals surface area contributed by atoms with E-state index in [4.69, 9.17) is 0 Å². The third-order valence-electron chi connectivity index (χ3n) is 5.21. The van der Waals surface area contributed by atoms with Crippen LogP contribution in [0.1, 0.15) is 12.0 Å². The maximum Gasteiger partial charge on any atom is 0.228 e. The first-order valence-electron chi connectivity index (χ1n) is 9.12. The molecule has 142 valence electrons. The second-order valence-corrected chi connectivity index (χ2v) is 9.54. The highest BCUT2D eigenvalue weighted by Gasteiger charge is 2.28. The first-order chi connectivity index (χ1) is 13.4. The van der Waals surface area contributed by atoms with Gasteiger partial charge < -0.3 is 10.6 Å². The van der Waals surface area contributed by atoms with Crippen molar-refractivity contribution in [2.24, 2.45) is 0 Å². The zero-order valence-corrected chi connectivity index (χ0v) is 15.8. The Morgan fingerprint density at radius 2 is 1.93 bits per heavy atom. The molecule has 1 aromatic heterocycles. The van der Waals surface area contributed by atoms with Crippen molar-refractivity contribution in [2.75, 3.05) is 22.1 Å². The summed E-state index contributed by atoms with van der Waals surface area (Å²) >= 11 is 0. The number of hydrogen-bond donors (Lipinski definition) is 2. The number of anilines is 2. The molecule has 0 bridgehead atoms. The summed E-state index contributed by atoms with van der Waals surface area (Å²) in [6.45, 7) is 0. The van der Waals surface area contributed by atoms with Crippen LogP contribution in [0.25, 0.3) is 22.0 Å². The molecule has 0 saturated carbocycles. The number of benzene rings is 2. The van der Waals surface area contributed by atoms with Crippen LogP contribution in [-0.4, -0.2) is 41.8 Å². The van der Waals surface area contributed by atoms with Crippen molar-refractivity contribution >= 4 is 38.3 Å². The molecule has 3 heterocycles. The Bertz CT molecular complexity index is 1220. The van der Waals surface area contributed by atoms with Gasteiger partial charge in [0.15, 0.2) is 9.84 Å². The zero-order chi connectivity index (χ0) is 19.3. The molecule has 1 saturated heterocycles. The molecule has 5 rings (SSSR count). The van der Waals surface area contributed by atoms with Crippen molar-refractivity contribution < 1.29 is 13.2 Å². The average Bonchev–Trinajstić information content (AvgIpc) is 3.20. The quantitative estimate of drug-likeness (QED) is 0.707. The molecule has 2 aliphatic rings. The van der Waals surface area contributed by atoms with E-state index in [2.05, 4.69) is 20.6 Å². The number of sulfone groups is 1. The summed E-state index contributed by atoms with van der Waals surface area (Å²) in [4.78, 5) is 20.5. The normalized spacial score (nSPS) is 20.1. The number of hydrogen-bond acceptors (Lipinski definition) is 6. The third-order valence-corrected chi connectivity index (χ3v) is 6.98. The molecular formula is C20H18N4O3S. The van der Waals surface area contributed by atoms with E-state index >= 15 is 0 Å². The standard InChI is InChI=1S/C20H18N4O3S/c25-19-9-15-7-12(3-4-17(15)23-19)13-1-2-14-10-21-20(24-18(14)8-13)22-16-5-6-28(26,27)11-16/h1-4,7-8,10,16H,5-6,9,11H2,(H,23,25)(H,21,22,24). The number of carbonyl (C=O) groups is 1. The molecule has 8 heteroatoms. The van der Waals surface area contributed by atoms with Crippen LogP contribution < -0.4 is 10.6 Å². The molecule has 7 nitrogen and oxygen atoms in total. The van der Waals surface area contributed by atoms with Gasteiger partial charge in [-0.15, -0.1) is 0 Å². The molecule has 2 aliphatic heterocycles. The monoisotopic (exact) mass is 394 g/mol. The average molecular weight is 394 g/mol. The van der Waals surface area contributed by atoms with E-state index in [0.29, 0.717) is 18.8 Å². The molecule has 1 atom stereocenters. The van der Waals surface area contributed by atoms with Gasteiger partial charge in [-0.25, -0.2) is 18.4 Å². The summed E-state index contributed by atoms with van der Waals surface area (Å²) < 4.78 is 23.3. The fraction of sp³-hybridized carbons (Fsp3) is 0.250. The second kappa shape index (κ2) is 6.27. The van der Waals surface area contributed by atoms with E-state index in [-0.39, 0.29) is 23.5 Å². The molecule has 1 unspecified atom stereocenters. The van der Waals surface area contributed by atoms with E-state index in [1.807, 2.05) is 36.4 Å². The molecule has 0 spiro atoms. The van der Waals surface area contributed by atoms with Gasteiger partial charge in [0.05, 0.1) is 23.4 Å². The van der Waals surface area contributed by atoms with Crippen LogP contribution in [0.5, 0.6) is 0 Å². The minimum Gasteiger partial charge on any atom is -0.350 e. The van der Waals surface area contributed by atoms with Gasteiger partial charge >= 0.3 is 0 Å². The molecule has 28 heavy (non-hydrogen) atoms. The lowest BCUT2D eigenvalue weighted by molar-refractivity contribution is -0.115. The Labute approximate surface area is 162 Å². The lowest BCUT2D eigenvalue weighted by Crippen LogP contribution is -2.21. The maximum absolute atomic E-state index is 11.6. The molecule has 1 fully saturated rings. The Morgan fingerprint density at radius 1 is 1.11 bits per heavy atom. The predicted molar refractivity (Wildman–Crippen MR) is 108 cm³/mol. The minimum atomic E-state index is -2.96. The smallest absolute Gasteiger partial charge is 0.228 e. The number of nitrogens with zero attached hydrogens (tertiary/aromatic N) is 2. The number of carbonyl (C=O) groups excluding carboxylic acids is 1. The summed E-state index contributed by atoms with van der Waals surface area (Å²) in [5, 5.41) is 6.89. The van der Waals surface area contributed by atoms with Crippen LogP contribution in [-0.2, 0) is 21.1 Å². The highest BCUT2D eigenvalue weighted by atomic mass is 32.2. The van der Waals surface area contributed by atoms with Crippen molar-refractivity contribution in [3.05, 3.63) is 48.2 Å². The van der Waals surface area contributed by atoms with Gasteiger partial charge in [-0.3, -0.25) is 4.79 Å². The molecule has 0 radical (unpaired) electrons. The summed E-state index contributed by atoms with van der Waals surface area (Å²) in [5.74, 6) is 0.785. The number of nitrogens with one attached hydrogen (secondary N) is 2. The van der Waals surface area contributed by atoms with Crippen LogP contribution in [0, 0.1) is 0 Å². The molecule has 2 N–H and O–H groups in total. The Balaban J connectivity index is 1.45. The van der Waals surface area contributed by atoms with Crippen molar-refractivity contribution in [1.29, 1.82) is 0 Å². The van der Waals surface area contributed by atoms with Gasteiger partial charge in [0, 0.05) is 23.3 Å². The first-order valence-corrected chi connectivity index (χ1v) is 10.9. The lowest BCUT2D eigenvalue weighted by Gasteiger charge is -2.11. The summed E-state index contributed by atoms with van der Waals surface area (Å²) in [6.07, 6.45) is 2.71. The SMILES string of the molecule is O=C1Cc2cc(-c3ccc4cnc(NC5CCS(=O)(=O)C5)nc4c3)ccc2N1. The molecule has 3 aromatic rings. The van der Waals surface area contributed by atoms with E-state index in [0.717, 1.165) is 33.3 Å². The fourth-order valence-electron chi connectivity index (χ4n) is 3.77. The fourth-order valence-corrected chi connectivity index (χ4v) is 5.45. The highest BCUT2D eigenvalue weighted by molar-refractivity contribution is 7.91. The number of aromatic nitrogens is 2. The Hall–Kier alpha value is -3.00. The summed E-state index contributed by atoms with van der Waals surface area (Å²) in [7, 11) is -2.96. The Kier molecular flexibility index (Phi) is 3.83. The van der Waals surface area contributed by atoms with Gasteiger partial charge in [0.1, 0.15) is 0 Å². The van der Waals surface area contributed by atoms with Crippen LogP contribution in [0.15, 0.2) is 42.6 Å². The molecule has 2 aromatic carbocycles. The highest BCUT2D eigenvalue weighted by Crippen LogP contribution is 2.30. The first kappa shape index (κ1) is 17.1. The third kappa shape index (κ3) is 3.20. The number of amides is 1. The van der Waals surface area contributed by atoms with Crippen molar-refractivity contribution in [3.8, 4) is 11.1 Å². The van der Waals surface area contributed by atoms with Gasteiger partial charge in [0.2, 0.25) is 11.9 Å². The van der Waals surface area contributed by atoms with Crippen molar-refractivity contribution in [3.63, 3.8) is 0 Å². The van der Waals surface area contributed by atoms with Gasteiger partial charge in [0.25, 0.3) is 0 Å². The maximum atomic E-state index is 11.6. The minimum absolute atomic E-state index is 0.0167. The molecular weight excluding hydrogens is 376 g/mol. The van der Waals surface area contributed by atoms with Crippen molar-refractivity contribution in [2.45, 2.75) is 18.9 Å². The van der Waals surface area contributed by atoms with E-state index in [1.165, 1.54) is 0 Å². The van der Waals surface area contributed by atoms with Crippen molar-refractivity contribution in [1.82, 2.24) is 9.97 Å². The largest absolute Gasteiger partial charge is 0.350 e. The summed E-state index contributed by atoms with van der Waals surface area (Å²) in [5.41, 5.74) is 4.67. The topological polar surface area (TPSA) is 101 Å². The van der Waals surface area contributed by atoms with Gasteiger partial charge in [-0.1, -0.05) is 18.2 Å². The van der Waals surface area contributed by atoms with E-state index < -0.39 is 9.84 Å². The van der Waals surface area contributed by atoms with E-state index in [1.54, 1.807) is 6.20 Å². The molecule has 0 aliphatic carbocycles. The predicted octanol–water partition coefficient (Wildman–Crippen LogP) is 2.39. The molecule has 1 amide bonds. The van der Waals surface area contributed by atoms with E-state index in [9.17, 15) is 13.2 Å². The second-order valence-electron chi connectivity index (χ2n) is 7.31. The number of rotatable bonds is 3. The number of fused-ring (bicyclic) bond motifs is 2. The van der Waals surface area contributed by atoms with Crippen LogP contribution in [0.2, 0.25) is 0 Å². The van der Waals surface area contributed by atoms with Crippen LogP contribution in [0.4, 0.5) is 11.6 Å².